The van der Waals surface area contributed by atoms with Crippen LogP contribution in [0.25, 0.3) is 0 Å². The third-order valence-electron chi connectivity index (χ3n) is 4.27. The van der Waals surface area contributed by atoms with Crippen LogP contribution >= 0.6 is 15.9 Å². The average Bonchev–Trinajstić information content (AvgIpc) is 2.89. The van der Waals surface area contributed by atoms with Crippen LogP contribution in [-0.2, 0) is 10.0 Å². The van der Waals surface area contributed by atoms with Crippen LogP contribution in [0.1, 0.15) is 20.7 Å². The number of benzene rings is 3. The average molecular weight is 457 g/mol. The lowest BCUT2D eigenvalue weighted by atomic mass is 10.1. The Hall–Kier alpha value is -2.97. The number of sulfonamides is 1. The Morgan fingerprint density at radius 1 is 0.929 bits per heavy atom. The molecule has 28 heavy (non-hydrogen) atoms. The highest BCUT2D eigenvalue weighted by Crippen LogP contribution is 2.35. The van der Waals surface area contributed by atoms with Crippen molar-refractivity contribution in [1.82, 2.24) is 0 Å². The second-order valence-electron chi connectivity index (χ2n) is 6.08. The molecule has 0 spiro atoms. The van der Waals surface area contributed by atoms with Gasteiger partial charge in [-0.2, -0.15) is 4.31 Å². The van der Waals surface area contributed by atoms with Crippen LogP contribution in [0, 0.1) is 0 Å². The van der Waals surface area contributed by atoms with Crippen molar-refractivity contribution < 1.29 is 18.0 Å². The van der Waals surface area contributed by atoms with E-state index in [4.69, 9.17) is 0 Å². The minimum absolute atomic E-state index is 0.0454. The van der Waals surface area contributed by atoms with Gasteiger partial charge in [-0.1, -0.05) is 34.1 Å². The number of nitrogens with zero attached hydrogens (tertiary/aromatic N) is 1. The highest BCUT2D eigenvalue weighted by molar-refractivity contribution is 9.10. The first kappa shape index (κ1) is 18.4. The molecule has 1 N–H and O–H groups in total. The van der Waals surface area contributed by atoms with Crippen molar-refractivity contribution in [2.24, 2.45) is 0 Å². The van der Waals surface area contributed by atoms with Crippen molar-refractivity contribution >= 4 is 49.1 Å². The molecular formula is C20H13BrN2O4S. The quantitative estimate of drug-likeness (QED) is 0.644. The van der Waals surface area contributed by atoms with E-state index in [1.165, 1.54) is 18.2 Å². The molecule has 1 aliphatic rings. The number of halogens is 1. The summed E-state index contributed by atoms with van der Waals surface area (Å²) in [6.07, 6.45) is 0. The lowest BCUT2D eigenvalue weighted by molar-refractivity contribution is 0.100. The summed E-state index contributed by atoms with van der Waals surface area (Å²) in [6.45, 7) is 0. The second kappa shape index (κ2) is 6.88. The van der Waals surface area contributed by atoms with Crippen LogP contribution in [0.4, 0.5) is 11.4 Å². The summed E-state index contributed by atoms with van der Waals surface area (Å²) >= 11 is 3.32. The van der Waals surface area contributed by atoms with E-state index in [0.717, 1.165) is 8.78 Å². The van der Waals surface area contributed by atoms with Crippen molar-refractivity contribution in [2.45, 2.75) is 4.90 Å². The minimum atomic E-state index is -4.09. The molecule has 1 aliphatic heterocycles. The van der Waals surface area contributed by atoms with Gasteiger partial charge in [-0.25, -0.2) is 8.42 Å². The number of carbonyl (C=O) groups is 2. The summed E-state index contributed by atoms with van der Waals surface area (Å²) in [4.78, 5) is 25.0. The first-order chi connectivity index (χ1) is 13.4. The van der Waals surface area contributed by atoms with Gasteiger partial charge in [0.25, 0.3) is 21.8 Å². The van der Waals surface area contributed by atoms with Crippen molar-refractivity contribution in [3.63, 3.8) is 0 Å². The van der Waals surface area contributed by atoms with Crippen LogP contribution < -0.4 is 9.62 Å². The van der Waals surface area contributed by atoms with E-state index in [0.29, 0.717) is 5.69 Å². The summed E-state index contributed by atoms with van der Waals surface area (Å²) in [5, 5.41) is 2.70. The second-order valence-corrected chi connectivity index (χ2v) is 8.75. The molecule has 3 aromatic carbocycles. The Morgan fingerprint density at radius 2 is 1.61 bits per heavy atom. The number of carbonyl (C=O) groups excluding carboxylic acids is 2. The van der Waals surface area contributed by atoms with Gasteiger partial charge in [-0.15, -0.1) is 0 Å². The molecule has 6 nitrogen and oxygen atoms in total. The molecule has 0 bridgehead atoms. The van der Waals surface area contributed by atoms with E-state index in [-0.39, 0.29) is 21.7 Å². The summed E-state index contributed by atoms with van der Waals surface area (Å²) in [7, 11) is -4.09. The normalized spacial score (nSPS) is 14.6. The van der Waals surface area contributed by atoms with Gasteiger partial charge in [-0.05, 0) is 54.6 Å². The first-order valence-corrected chi connectivity index (χ1v) is 10.5. The number of amides is 2. The van der Waals surface area contributed by atoms with Crippen LogP contribution in [0.15, 0.2) is 82.2 Å². The Balaban J connectivity index is 1.69. The van der Waals surface area contributed by atoms with Crippen molar-refractivity contribution in [3.05, 3.63) is 88.4 Å². The number of hydrogen-bond donors (Lipinski definition) is 1. The number of nitrogens with one attached hydrogen (secondary N) is 1. The predicted octanol–water partition coefficient (Wildman–Crippen LogP) is 4.05. The van der Waals surface area contributed by atoms with Gasteiger partial charge in [0.1, 0.15) is 4.90 Å². The van der Waals surface area contributed by atoms with Gasteiger partial charge in [0.2, 0.25) is 0 Å². The molecule has 0 aromatic heterocycles. The van der Waals surface area contributed by atoms with Gasteiger partial charge >= 0.3 is 0 Å². The summed E-state index contributed by atoms with van der Waals surface area (Å²) in [5.41, 5.74) is 1.01. The zero-order chi connectivity index (χ0) is 19.9. The first-order valence-electron chi connectivity index (χ1n) is 8.23. The molecule has 0 unspecified atom stereocenters. The number of hydrogen-bond acceptors (Lipinski definition) is 4. The summed E-state index contributed by atoms with van der Waals surface area (Å²) in [6, 6.07) is 19.1. The maximum absolute atomic E-state index is 12.9. The Kier molecular flexibility index (Phi) is 4.52. The van der Waals surface area contributed by atoms with Crippen LogP contribution in [0.2, 0.25) is 0 Å². The molecule has 8 heteroatoms. The fraction of sp³-hybridized carbons (Fsp3) is 0. The van der Waals surface area contributed by atoms with Crippen LogP contribution in [0.3, 0.4) is 0 Å². The maximum Gasteiger partial charge on any atom is 0.273 e. The Bertz CT molecular complexity index is 1190. The molecule has 2 amide bonds. The molecule has 0 saturated carbocycles. The van der Waals surface area contributed by atoms with Gasteiger partial charge in [0.05, 0.1) is 11.3 Å². The highest BCUT2D eigenvalue weighted by atomic mass is 79.9. The molecule has 0 atom stereocenters. The maximum atomic E-state index is 12.9. The van der Waals surface area contributed by atoms with Gasteiger partial charge in [0, 0.05) is 15.7 Å². The summed E-state index contributed by atoms with van der Waals surface area (Å²) < 4.78 is 27.5. The van der Waals surface area contributed by atoms with Crippen LogP contribution in [0.5, 0.6) is 0 Å². The van der Waals surface area contributed by atoms with E-state index in [1.807, 2.05) is 0 Å². The van der Waals surface area contributed by atoms with Gasteiger partial charge in [0.15, 0.2) is 0 Å². The van der Waals surface area contributed by atoms with E-state index in [1.54, 1.807) is 54.6 Å². The van der Waals surface area contributed by atoms with E-state index < -0.39 is 21.8 Å². The number of anilines is 2. The van der Waals surface area contributed by atoms with Crippen molar-refractivity contribution in [3.8, 4) is 0 Å². The zero-order valence-electron chi connectivity index (χ0n) is 14.3. The largest absolute Gasteiger partial charge is 0.322 e. The summed E-state index contributed by atoms with van der Waals surface area (Å²) in [5.74, 6) is -1.10. The molecule has 0 saturated heterocycles. The van der Waals surface area contributed by atoms with Crippen molar-refractivity contribution in [2.75, 3.05) is 9.62 Å². The van der Waals surface area contributed by atoms with E-state index >= 15 is 0 Å². The number of para-hydroxylation sites is 1. The SMILES string of the molecule is O=C(Nc1ccc(Br)cc1)c1ccc2c(c1)S(=O)(=O)N(c1ccccc1)C2=O. The fourth-order valence-corrected chi connectivity index (χ4v) is 4.81. The molecule has 0 fully saturated rings. The molecule has 4 rings (SSSR count). The third kappa shape index (κ3) is 3.10. The monoisotopic (exact) mass is 456 g/mol. The standard InChI is InChI=1S/C20H13BrN2O4S/c21-14-7-9-15(10-8-14)22-19(24)13-6-11-17-18(12-13)28(26,27)23(20(17)25)16-4-2-1-3-5-16/h1-12H,(H,22,24). The highest BCUT2D eigenvalue weighted by Gasteiger charge is 2.42. The van der Waals surface area contributed by atoms with E-state index in [2.05, 4.69) is 21.2 Å². The predicted molar refractivity (Wildman–Crippen MR) is 109 cm³/mol. The van der Waals surface area contributed by atoms with Crippen LogP contribution in [-0.4, -0.2) is 20.2 Å². The number of rotatable bonds is 3. The van der Waals surface area contributed by atoms with Gasteiger partial charge in [-0.3, -0.25) is 9.59 Å². The molecular weight excluding hydrogens is 444 g/mol. The molecule has 140 valence electrons. The molecule has 0 aliphatic carbocycles. The van der Waals surface area contributed by atoms with Gasteiger partial charge < -0.3 is 5.32 Å². The third-order valence-corrected chi connectivity index (χ3v) is 6.55. The molecule has 1 heterocycles. The Morgan fingerprint density at radius 3 is 2.29 bits per heavy atom. The smallest absolute Gasteiger partial charge is 0.273 e. The van der Waals surface area contributed by atoms with Crippen molar-refractivity contribution in [1.29, 1.82) is 0 Å². The topological polar surface area (TPSA) is 83.6 Å². The fourth-order valence-electron chi connectivity index (χ4n) is 2.93. The lowest BCUT2D eigenvalue weighted by Crippen LogP contribution is -2.29. The lowest BCUT2D eigenvalue weighted by Gasteiger charge is -2.14. The number of fused-ring (bicyclic) bond motifs is 1. The Labute approximate surface area is 170 Å². The molecule has 3 aromatic rings. The van der Waals surface area contributed by atoms with E-state index in [9.17, 15) is 18.0 Å². The minimum Gasteiger partial charge on any atom is -0.322 e. The zero-order valence-corrected chi connectivity index (χ0v) is 16.7. The molecule has 0 radical (unpaired) electrons.